The van der Waals surface area contributed by atoms with E-state index < -0.39 is 12.1 Å². The predicted molar refractivity (Wildman–Crippen MR) is 102 cm³/mol. The fraction of sp³-hybridized carbons (Fsp3) is 0.500. The lowest BCUT2D eigenvalue weighted by Gasteiger charge is -2.35. The lowest BCUT2D eigenvalue weighted by atomic mass is 10.1. The minimum Gasteiger partial charge on any atom is -0.413 e. The van der Waals surface area contributed by atoms with Gasteiger partial charge in [0.2, 0.25) is 5.89 Å². The first-order valence-electron chi connectivity index (χ1n) is 9.57. The Kier molecular flexibility index (Phi) is 6.79. The van der Waals surface area contributed by atoms with E-state index in [1.54, 1.807) is 12.1 Å². The molecule has 2 aromatic rings. The maximum atomic E-state index is 12.5. The maximum absolute atomic E-state index is 12.5. The number of morpholine rings is 1. The predicted octanol–water partition coefficient (Wildman–Crippen LogP) is 4.16. The van der Waals surface area contributed by atoms with Crippen molar-refractivity contribution in [3.8, 4) is 11.5 Å². The molecule has 1 aliphatic carbocycles. The number of hydrogen-bond donors (Lipinski definition) is 0. The second-order valence-corrected chi connectivity index (χ2v) is 7.04. The zero-order valence-electron chi connectivity index (χ0n) is 16.4. The van der Waals surface area contributed by atoms with E-state index in [0.29, 0.717) is 25.3 Å². The van der Waals surface area contributed by atoms with Gasteiger partial charge in [-0.05, 0) is 17.7 Å². The summed E-state index contributed by atoms with van der Waals surface area (Å²) < 4.78 is 47.6. The SMILES string of the molecule is C1CC1.C=C(N(C)Cc1ccc(-c2nnc(C(F)(F)F)o2)cc1)N1CCOCC1. The second-order valence-electron chi connectivity index (χ2n) is 7.04. The highest BCUT2D eigenvalue weighted by Gasteiger charge is 2.38. The third kappa shape index (κ3) is 6.22. The Balaban J connectivity index is 0.000000732. The summed E-state index contributed by atoms with van der Waals surface area (Å²) in [7, 11) is 1.94. The van der Waals surface area contributed by atoms with Crippen LogP contribution in [0.25, 0.3) is 11.5 Å². The van der Waals surface area contributed by atoms with Gasteiger partial charge >= 0.3 is 12.1 Å². The summed E-state index contributed by atoms with van der Waals surface area (Å²) in [6.45, 7) is 7.73. The molecule has 0 unspecified atom stereocenters. The van der Waals surface area contributed by atoms with Gasteiger partial charge in [-0.2, -0.15) is 13.2 Å². The van der Waals surface area contributed by atoms with Crippen LogP contribution in [0.2, 0.25) is 0 Å². The molecule has 2 fully saturated rings. The van der Waals surface area contributed by atoms with Gasteiger partial charge in [0.25, 0.3) is 0 Å². The van der Waals surface area contributed by atoms with Gasteiger partial charge in [0.15, 0.2) is 0 Å². The van der Waals surface area contributed by atoms with E-state index in [4.69, 9.17) is 4.74 Å². The summed E-state index contributed by atoms with van der Waals surface area (Å²) in [5.74, 6) is -0.600. The number of hydrogen-bond acceptors (Lipinski definition) is 6. The van der Waals surface area contributed by atoms with E-state index in [2.05, 4.69) is 26.1 Å². The first-order valence-corrected chi connectivity index (χ1v) is 9.57. The summed E-state index contributed by atoms with van der Waals surface area (Å²) in [6, 6.07) is 6.95. The van der Waals surface area contributed by atoms with Crippen molar-refractivity contribution < 1.29 is 22.3 Å². The molecule has 9 heteroatoms. The molecule has 0 radical (unpaired) electrons. The van der Waals surface area contributed by atoms with Gasteiger partial charge in [-0.15, -0.1) is 10.2 Å². The molecule has 1 saturated carbocycles. The van der Waals surface area contributed by atoms with Crippen LogP contribution in [-0.4, -0.2) is 53.3 Å². The van der Waals surface area contributed by atoms with Crippen LogP contribution in [0.1, 0.15) is 30.7 Å². The molecule has 1 aromatic heterocycles. The molecule has 0 atom stereocenters. The molecule has 2 aliphatic rings. The van der Waals surface area contributed by atoms with Gasteiger partial charge in [0.1, 0.15) is 0 Å². The quantitative estimate of drug-likeness (QED) is 0.738. The van der Waals surface area contributed by atoms with E-state index in [1.807, 2.05) is 24.1 Å². The normalized spacial score (nSPS) is 16.1. The second kappa shape index (κ2) is 9.30. The van der Waals surface area contributed by atoms with Gasteiger partial charge < -0.3 is 19.0 Å². The highest BCUT2D eigenvalue weighted by Crippen LogP contribution is 2.30. The van der Waals surface area contributed by atoms with Crippen molar-refractivity contribution in [3.63, 3.8) is 0 Å². The van der Waals surface area contributed by atoms with Crippen LogP contribution in [0.4, 0.5) is 13.2 Å². The summed E-state index contributed by atoms with van der Waals surface area (Å²) >= 11 is 0. The first-order chi connectivity index (χ1) is 13.8. The Morgan fingerprint density at radius 3 is 2.24 bits per heavy atom. The minimum atomic E-state index is -4.65. The van der Waals surface area contributed by atoms with Crippen molar-refractivity contribution >= 4 is 0 Å². The van der Waals surface area contributed by atoms with Crippen molar-refractivity contribution in [3.05, 3.63) is 48.1 Å². The molecular formula is C20H25F3N4O2. The highest BCUT2D eigenvalue weighted by molar-refractivity contribution is 5.53. The van der Waals surface area contributed by atoms with Crippen molar-refractivity contribution in [2.24, 2.45) is 0 Å². The van der Waals surface area contributed by atoms with E-state index in [-0.39, 0.29) is 5.89 Å². The molecule has 0 amide bonds. The van der Waals surface area contributed by atoms with Crippen LogP contribution in [0, 0.1) is 0 Å². The van der Waals surface area contributed by atoms with Crippen LogP contribution in [0.15, 0.2) is 41.1 Å². The van der Waals surface area contributed by atoms with E-state index >= 15 is 0 Å². The molecule has 4 rings (SSSR count). The third-order valence-electron chi connectivity index (χ3n) is 4.46. The molecule has 0 bridgehead atoms. The molecule has 6 nitrogen and oxygen atoms in total. The molecule has 158 valence electrons. The first kappa shape index (κ1) is 21.2. The summed E-state index contributed by atoms with van der Waals surface area (Å²) in [5, 5.41) is 6.49. The van der Waals surface area contributed by atoms with Crippen LogP contribution in [0.5, 0.6) is 0 Å². The Morgan fingerprint density at radius 1 is 1.10 bits per heavy atom. The smallest absolute Gasteiger partial charge is 0.413 e. The van der Waals surface area contributed by atoms with Crippen LogP contribution >= 0.6 is 0 Å². The number of nitrogens with zero attached hydrogens (tertiary/aromatic N) is 4. The lowest BCUT2D eigenvalue weighted by Crippen LogP contribution is -2.40. The number of benzene rings is 1. The summed E-state index contributed by atoms with van der Waals surface area (Å²) in [4.78, 5) is 4.18. The van der Waals surface area contributed by atoms with Gasteiger partial charge in [-0.1, -0.05) is 38.0 Å². The van der Waals surface area contributed by atoms with Crippen molar-refractivity contribution in [1.82, 2.24) is 20.0 Å². The zero-order chi connectivity index (χ0) is 20.9. The fourth-order valence-electron chi connectivity index (χ4n) is 2.64. The summed E-state index contributed by atoms with van der Waals surface area (Å²) in [6.07, 6.45) is -0.145. The standard InChI is InChI=1S/C17H19F3N4O2.C3H6/c1-12(24-7-9-25-10-8-24)23(2)11-13-3-5-14(6-4-13)15-21-22-16(26-15)17(18,19)20;1-2-3-1/h3-6H,1,7-11H2,2H3;1-3H2. The number of halogens is 3. The van der Waals surface area contributed by atoms with E-state index in [1.165, 1.54) is 19.3 Å². The molecule has 1 aromatic carbocycles. The monoisotopic (exact) mass is 410 g/mol. The minimum absolute atomic E-state index is 0.157. The van der Waals surface area contributed by atoms with Crippen molar-refractivity contribution in [2.45, 2.75) is 32.0 Å². The molecular weight excluding hydrogens is 385 g/mol. The largest absolute Gasteiger partial charge is 0.470 e. The van der Waals surface area contributed by atoms with Gasteiger partial charge in [0, 0.05) is 32.2 Å². The molecule has 1 aliphatic heterocycles. The van der Waals surface area contributed by atoms with Gasteiger partial charge in [-0.25, -0.2) is 0 Å². The third-order valence-corrected chi connectivity index (χ3v) is 4.46. The number of rotatable bonds is 5. The van der Waals surface area contributed by atoms with Gasteiger partial charge in [0.05, 0.1) is 19.0 Å². The Bertz CT molecular complexity index is 794. The molecule has 29 heavy (non-hydrogen) atoms. The molecule has 0 spiro atoms. The Morgan fingerprint density at radius 2 is 1.72 bits per heavy atom. The van der Waals surface area contributed by atoms with E-state index in [9.17, 15) is 13.2 Å². The molecule has 2 heterocycles. The Hall–Kier alpha value is -2.55. The molecule has 0 N–H and O–H groups in total. The number of alkyl halides is 3. The van der Waals surface area contributed by atoms with Crippen molar-refractivity contribution in [1.29, 1.82) is 0 Å². The molecule has 1 saturated heterocycles. The average molecular weight is 410 g/mol. The average Bonchev–Trinajstić information content (AvgIpc) is 3.51. The van der Waals surface area contributed by atoms with Crippen LogP contribution in [0.3, 0.4) is 0 Å². The highest BCUT2D eigenvalue weighted by atomic mass is 19.4. The zero-order valence-corrected chi connectivity index (χ0v) is 16.4. The van der Waals surface area contributed by atoms with Gasteiger partial charge in [-0.3, -0.25) is 0 Å². The van der Waals surface area contributed by atoms with E-state index in [0.717, 1.165) is 24.5 Å². The van der Waals surface area contributed by atoms with Crippen LogP contribution < -0.4 is 0 Å². The number of aromatic nitrogens is 2. The summed E-state index contributed by atoms with van der Waals surface area (Å²) in [5.41, 5.74) is 1.42. The number of ether oxygens (including phenoxy) is 1. The van der Waals surface area contributed by atoms with Crippen LogP contribution in [-0.2, 0) is 17.5 Å². The topological polar surface area (TPSA) is 54.6 Å². The fourth-order valence-corrected chi connectivity index (χ4v) is 2.64. The maximum Gasteiger partial charge on any atom is 0.470 e. The Labute approximate surface area is 168 Å². The van der Waals surface area contributed by atoms with Crippen molar-refractivity contribution in [2.75, 3.05) is 33.4 Å². The lowest BCUT2D eigenvalue weighted by molar-refractivity contribution is -0.156.